The molecule has 0 aliphatic heterocycles. The van der Waals surface area contributed by atoms with Crippen LogP contribution < -0.4 is 4.74 Å². The molecule has 96 valence electrons. The van der Waals surface area contributed by atoms with E-state index in [0.717, 1.165) is 6.26 Å². The molecule has 0 radical (unpaired) electrons. The lowest BCUT2D eigenvalue weighted by atomic mass is 10.0. The van der Waals surface area contributed by atoms with Crippen molar-refractivity contribution in [2.24, 2.45) is 0 Å². The molecule has 0 fully saturated rings. The summed E-state index contributed by atoms with van der Waals surface area (Å²) < 4.78 is 28.0. The Kier molecular flexibility index (Phi) is 4.54. The number of aliphatic hydroxyl groups is 1. The maximum atomic E-state index is 11.5. The number of rotatable bonds is 5. The Morgan fingerprint density at radius 1 is 1.29 bits per heavy atom. The molecule has 0 aliphatic carbocycles. The number of ether oxygens (including phenoxy) is 1. The lowest BCUT2D eigenvalue weighted by Crippen LogP contribution is -2.26. The number of aliphatic hydroxyl groups excluding tert-OH is 1. The largest absolute Gasteiger partial charge is 0.497 e. The predicted octanol–water partition coefficient (Wildman–Crippen LogP) is 1.55. The highest BCUT2D eigenvalue weighted by atomic mass is 32.2. The van der Waals surface area contributed by atoms with Crippen molar-refractivity contribution in [1.82, 2.24) is 0 Å². The van der Waals surface area contributed by atoms with E-state index in [2.05, 4.69) is 0 Å². The van der Waals surface area contributed by atoms with E-state index < -0.39 is 21.2 Å². The van der Waals surface area contributed by atoms with Gasteiger partial charge < -0.3 is 9.84 Å². The van der Waals surface area contributed by atoms with Gasteiger partial charge in [-0.1, -0.05) is 19.1 Å². The minimum absolute atomic E-state index is 0.381. The average Bonchev–Trinajstić information content (AvgIpc) is 2.28. The highest BCUT2D eigenvalue weighted by Crippen LogP contribution is 2.25. The molecule has 2 atom stereocenters. The highest BCUT2D eigenvalue weighted by Gasteiger charge is 2.28. The fourth-order valence-electron chi connectivity index (χ4n) is 1.78. The van der Waals surface area contributed by atoms with Gasteiger partial charge in [0.1, 0.15) is 5.75 Å². The molecule has 17 heavy (non-hydrogen) atoms. The molecule has 0 aliphatic rings. The smallest absolute Gasteiger partial charge is 0.153 e. The molecule has 0 bridgehead atoms. The van der Waals surface area contributed by atoms with Crippen LogP contribution in [0, 0.1) is 0 Å². The third kappa shape index (κ3) is 3.44. The Labute approximate surface area is 102 Å². The zero-order valence-electron chi connectivity index (χ0n) is 10.3. The van der Waals surface area contributed by atoms with Crippen LogP contribution in [-0.2, 0) is 9.84 Å². The van der Waals surface area contributed by atoms with Gasteiger partial charge in [0.05, 0.1) is 18.5 Å². The average molecular weight is 258 g/mol. The lowest BCUT2D eigenvalue weighted by molar-refractivity contribution is 0.169. The van der Waals surface area contributed by atoms with Crippen molar-refractivity contribution in [3.05, 3.63) is 29.8 Å². The van der Waals surface area contributed by atoms with Crippen LogP contribution in [0.1, 0.15) is 25.0 Å². The van der Waals surface area contributed by atoms with Gasteiger partial charge in [0.15, 0.2) is 9.84 Å². The fourth-order valence-corrected chi connectivity index (χ4v) is 3.01. The van der Waals surface area contributed by atoms with Crippen molar-refractivity contribution < 1.29 is 18.3 Å². The van der Waals surface area contributed by atoms with Crippen molar-refractivity contribution in [3.8, 4) is 5.75 Å². The summed E-state index contributed by atoms with van der Waals surface area (Å²) in [6.45, 7) is 1.75. The monoisotopic (exact) mass is 258 g/mol. The Morgan fingerprint density at radius 3 is 2.18 bits per heavy atom. The SMILES string of the molecule is CC[C@H]([C@H](O)c1ccc(OC)cc1)S(C)(=O)=O. The summed E-state index contributed by atoms with van der Waals surface area (Å²) in [5.74, 6) is 0.674. The van der Waals surface area contributed by atoms with Crippen molar-refractivity contribution >= 4 is 9.84 Å². The number of methoxy groups -OCH3 is 1. The van der Waals surface area contributed by atoms with Crippen LogP contribution in [0.5, 0.6) is 5.75 Å². The normalized spacial score (nSPS) is 15.3. The third-order valence-electron chi connectivity index (χ3n) is 2.76. The molecule has 0 aromatic heterocycles. The van der Waals surface area contributed by atoms with Crippen LogP contribution in [-0.4, -0.2) is 32.1 Å². The van der Waals surface area contributed by atoms with Gasteiger partial charge in [-0.25, -0.2) is 8.42 Å². The summed E-state index contributed by atoms with van der Waals surface area (Å²) >= 11 is 0. The summed E-state index contributed by atoms with van der Waals surface area (Å²) in [6.07, 6.45) is 0.529. The van der Waals surface area contributed by atoms with Crippen LogP contribution in [0.3, 0.4) is 0 Å². The second kappa shape index (κ2) is 5.51. The summed E-state index contributed by atoms with van der Waals surface area (Å²) in [5, 5.41) is 9.29. The van der Waals surface area contributed by atoms with Crippen molar-refractivity contribution in [2.45, 2.75) is 24.7 Å². The molecule has 0 heterocycles. The fraction of sp³-hybridized carbons (Fsp3) is 0.500. The molecule has 0 spiro atoms. The number of benzene rings is 1. The maximum absolute atomic E-state index is 11.5. The van der Waals surface area contributed by atoms with Crippen LogP contribution in [0.25, 0.3) is 0 Å². The Bertz CT molecular complexity index is 450. The number of sulfone groups is 1. The standard InChI is InChI=1S/C12H18O4S/c1-4-11(17(3,14)15)12(13)9-5-7-10(16-2)8-6-9/h5-8,11-13H,4H2,1-3H3/t11-,12-/m1/s1. The Morgan fingerprint density at radius 2 is 1.82 bits per heavy atom. The van der Waals surface area contributed by atoms with Crippen LogP contribution in [0.2, 0.25) is 0 Å². The van der Waals surface area contributed by atoms with Crippen LogP contribution in [0.4, 0.5) is 0 Å². The summed E-state index contributed by atoms with van der Waals surface area (Å²) in [5.41, 5.74) is 0.586. The van der Waals surface area contributed by atoms with Gasteiger partial charge in [0, 0.05) is 6.26 Å². The van der Waals surface area contributed by atoms with E-state index in [9.17, 15) is 13.5 Å². The molecule has 1 rings (SSSR count). The zero-order valence-corrected chi connectivity index (χ0v) is 11.1. The van der Waals surface area contributed by atoms with E-state index in [-0.39, 0.29) is 0 Å². The number of hydrogen-bond donors (Lipinski definition) is 1. The first kappa shape index (κ1) is 14.0. The van der Waals surface area contributed by atoms with Crippen LogP contribution in [0.15, 0.2) is 24.3 Å². The lowest BCUT2D eigenvalue weighted by Gasteiger charge is -2.20. The van der Waals surface area contributed by atoms with E-state index in [1.165, 1.54) is 0 Å². The first-order valence-electron chi connectivity index (χ1n) is 5.41. The molecular weight excluding hydrogens is 240 g/mol. The molecule has 4 nitrogen and oxygen atoms in total. The number of hydrogen-bond acceptors (Lipinski definition) is 4. The van der Waals surface area contributed by atoms with Crippen molar-refractivity contribution in [3.63, 3.8) is 0 Å². The summed E-state index contributed by atoms with van der Waals surface area (Å²) in [4.78, 5) is 0. The summed E-state index contributed by atoms with van der Waals surface area (Å²) in [7, 11) is -1.71. The zero-order chi connectivity index (χ0) is 13.1. The van der Waals surface area contributed by atoms with E-state index >= 15 is 0 Å². The molecule has 5 heteroatoms. The van der Waals surface area contributed by atoms with E-state index in [0.29, 0.717) is 17.7 Å². The van der Waals surface area contributed by atoms with E-state index in [1.54, 1.807) is 38.3 Å². The van der Waals surface area contributed by atoms with Gasteiger partial charge >= 0.3 is 0 Å². The van der Waals surface area contributed by atoms with Gasteiger partial charge in [0.25, 0.3) is 0 Å². The third-order valence-corrected chi connectivity index (χ3v) is 4.45. The van der Waals surface area contributed by atoms with Crippen LogP contribution >= 0.6 is 0 Å². The Hall–Kier alpha value is -1.07. The molecule has 0 amide bonds. The van der Waals surface area contributed by atoms with Gasteiger partial charge in [-0.3, -0.25) is 0 Å². The van der Waals surface area contributed by atoms with E-state index in [4.69, 9.17) is 4.74 Å². The first-order chi connectivity index (χ1) is 7.90. The highest BCUT2D eigenvalue weighted by molar-refractivity contribution is 7.91. The van der Waals surface area contributed by atoms with Crippen molar-refractivity contribution in [2.75, 3.05) is 13.4 Å². The molecule has 0 saturated carbocycles. The molecule has 0 saturated heterocycles. The van der Waals surface area contributed by atoms with Gasteiger partial charge in [0.2, 0.25) is 0 Å². The molecular formula is C12H18O4S. The minimum Gasteiger partial charge on any atom is -0.497 e. The van der Waals surface area contributed by atoms with E-state index in [1.807, 2.05) is 0 Å². The maximum Gasteiger partial charge on any atom is 0.153 e. The second-order valence-electron chi connectivity index (χ2n) is 3.99. The summed E-state index contributed by atoms with van der Waals surface area (Å²) in [6, 6.07) is 6.76. The van der Waals surface area contributed by atoms with Crippen molar-refractivity contribution in [1.29, 1.82) is 0 Å². The predicted molar refractivity (Wildman–Crippen MR) is 66.9 cm³/mol. The molecule has 1 aromatic rings. The quantitative estimate of drug-likeness (QED) is 0.870. The topological polar surface area (TPSA) is 63.6 Å². The molecule has 0 unspecified atom stereocenters. The van der Waals surface area contributed by atoms with Gasteiger partial charge in [-0.05, 0) is 24.1 Å². The first-order valence-corrected chi connectivity index (χ1v) is 7.36. The van der Waals surface area contributed by atoms with Gasteiger partial charge in [-0.15, -0.1) is 0 Å². The minimum atomic E-state index is -3.26. The van der Waals surface area contributed by atoms with Gasteiger partial charge in [-0.2, -0.15) is 0 Å². The molecule has 1 N–H and O–H groups in total. The second-order valence-corrected chi connectivity index (χ2v) is 6.26. The Balaban J connectivity index is 2.98. The molecule has 1 aromatic carbocycles.